The summed E-state index contributed by atoms with van der Waals surface area (Å²) in [5.41, 5.74) is 7.98. The van der Waals surface area contributed by atoms with Crippen LogP contribution >= 0.6 is 0 Å². The van der Waals surface area contributed by atoms with Crippen molar-refractivity contribution in [1.29, 1.82) is 0 Å². The second-order valence-electron chi connectivity index (χ2n) is 9.80. The Labute approximate surface area is 227 Å². The van der Waals surface area contributed by atoms with Gasteiger partial charge in [-0.2, -0.15) is 5.10 Å². The molecule has 0 bridgehead atoms. The van der Waals surface area contributed by atoms with E-state index in [2.05, 4.69) is 22.5 Å². The van der Waals surface area contributed by atoms with Gasteiger partial charge in [0.15, 0.2) is 0 Å². The first-order chi connectivity index (χ1) is 18.8. The van der Waals surface area contributed by atoms with Gasteiger partial charge in [-0.15, -0.1) is 0 Å². The molecule has 8 nitrogen and oxygen atoms in total. The van der Waals surface area contributed by atoms with E-state index in [1.54, 1.807) is 13.2 Å². The average molecular weight is 526 g/mol. The molecule has 1 aromatic heterocycles. The Hall–Kier alpha value is -4.59. The van der Waals surface area contributed by atoms with Crippen molar-refractivity contribution < 1.29 is 24.2 Å². The van der Waals surface area contributed by atoms with Crippen LogP contribution in [0.25, 0.3) is 11.1 Å². The van der Waals surface area contributed by atoms with Crippen molar-refractivity contribution in [2.24, 2.45) is 0 Å². The summed E-state index contributed by atoms with van der Waals surface area (Å²) in [6.45, 7) is 4.51. The Morgan fingerprint density at radius 1 is 1.00 bits per heavy atom. The van der Waals surface area contributed by atoms with Gasteiger partial charge in [-0.05, 0) is 53.8 Å². The first kappa shape index (κ1) is 26.0. The third kappa shape index (κ3) is 5.50. The van der Waals surface area contributed by atoms with Gasteiger partial charge < -0.3 is 19.9 Å². The Morgan fingerprint density at radius 2 is 1.67 bits per heavy atom. The SMILES string of the molecule is COc1ccc(CC(NC(=O)OCC2c3ccccc3-c3ccccc32)C(=O)O)cc1Cn1nc(C)cc1C. The van der Waals surface area contributed by atoms with Gasteiger partial charge in [0.2, 0.25) is 0 Å². The summed E-state index contributed by atoms with van der Waals surface area (Å²) in [6.07, 6.45) is -0.672. The molecule has 0 spiro atoms. The summed E-state index contributed by atoms with van der Waals surface area (Å²) in [5.74, 6) is -0.563. The maximum absolute atomic E-state index is 12.7. The highest BCUT2D eigenvalue weighted by atomic mass is 16.5. The van der Waals surface area contributed by atoms with E-state index in [9.17, 15) is 14.7 Å². The quantitative estimate of drug-likeness (QED) is 0.316. The van der Waals surface area contributed by atoms with Crippen molar-refractivity contribution in [2.75, 3.05) is 13.7 Å². The maximum Gasteiger partial charge on any atom is 0.407 e. The van der Waals surface area contributed by atoms with E-state index in [1.165, 1.54) is 0 Å². The minimum atomic E-state index is -1.16. The van der Waals surface area contributed by atoms with Gasteiger partial charge in [0, 0.05) is 23.6 Å². The van der Waals surface area contributed by atoms with Crippen LogP contribution in [0.4, 0.5) is 4.79 Å². The molecule has 8 heteroatoms. The van der Waals surface area contributed by atoms with Crippen molar-refractivity contribution in [1.82, 2.24) is 15.1 Å². The molecule has 1 unspecified atom stereocenters. The lowest BCUT2D eigenvalue weighted by Gasteiger charge is -2.18. The summed E-state index contributed by atoms with van der Waals surface area (Å²) in [4.78, 5) is 24.8. The zero-order valence-electron chi connectivity index (χ0n) is 22.2. The number of fused-ring (bicyclic) bond motifs is 3. The van der Waals surface area contributed by atoms with Gasteiger partial charge in [0.25, 0.3) is 0 Å². The zero-order chi connectivity index (χ0) is 27.5. The average Bonchev–Trinajstić information content (AvgIpc) is 3.42. The fraction of sp³-hybridized carbons (Fsp3) is 0.258. The minimum absolute atomic E-state index is 0.0909. The first-order valence-electron chi connectivity index (χ1n) is 12.8. The maximum atomic E-state index is 12.7. The molecule has 4 aromatic rings. The second kappa shape index (κ2) is 11.0. The van der Waals surface area contributed by atoms with Crippen molar-refractivity contribution >= 4 is 12.1 Å². The molecule has 0 saturated heterocycles. The van der Waals surface area contributed by atoms with Crippen molar-refractivity contribution in [3.8, 4) is 16.9 Å². The molecule has 0 radical (unpaired) electrons. The third-order valence-corrected chi connectivity index (χ3v) is 7.14. The largest absolute Gasteiger partial charge is 0.496 e. The van der Waals surface area contributed by atoms with E-state index in [1.807, 2.05) is 73.1 Å². The molecule has 0 aliphatic heterocycles. The smallest absolute Gasteiger partial charge is 0.407 e. The monoisotopic (exact) mass is 525 g/mol. The molecule has 1 amide bonds. The Morgan fingerprint density at radius 3 is 2.26 bits per heavy atom. The Bertz CT molecular complexity index is 1480. The number of carboxylic acids is 1. The second-order valence-corrected chi connectivity index (χ2v) is 9.80. The summed E-state index contributed by atoms with van der Waals surface area (Å²) in [5, 5.41) is 16.9. The van der Waals surface area contributed by atoms with Crippen LogP contribution in [0, 0.1) is 13.8 Å². The van der Waals surface area contributed by atoms with E-state index >= 15 is 0 Å². The molecule has 3 aromatic carbocycles. The van der Waals surface area contributed by atoms with Crippen LogP contribution in [-0.4, -0.2) is 46.7 Å². The molecule has 0 fully saturated rings. The lowest BCUT2D eigenvalue weighted by atomic mass is 9.98. The van der Waals surface area contributed by atoms with Crippen molar-refractivity contribution in [2.45, 2.75) is 38.8 Å². The molecule has 1 heterocycles. The highest BCUT2D eigenvalue weighted by molar-refractivity contribution is 5.81. The molecule has 200 valence electrons. The Balaban J connectivity index is 1.27. The van der Waals surface area contributed by atoms with E-state index < -0.39 is 18.1 Å². The fourth-order valence-electron chi connectivity index (χ4n) is 5.30. The van der Waals surface area contributed by atoms with E-state index in [0.717, 1.165) is 44.8 Å². The minimum Gasteiger partial charge on any atom is -0.496 e. The molecule has 1 aliphatic carbocycles. The highest BCUT2D eigenvalue weighted by Gasteiger charge is 2.30. The third-order valence-electron chi connectivity index (χ3n) is 7.14. The number of aryl methyl sites for hydroxylation is 2. The van der Waals surface area contributed by atoms with Crippen molar-refractivity contribution in [3.05, 3.63) is 106 Å². The van der Waals surface area contributed by atoms with Crippen molar-refractivity contribution in [3.63, 3.8) is 0 Å². The number of amides is 1. The first-order valence-corrected chi connectivity index (χ1v) is 12.8. The number of alkyl carbamates (subject to hydrolysis) is 1. The van der Waals surface area contributed by atoms with Crippen LogP contribution in [0.3, 0.4) is 0 Å². The lowest BCUT2D eigenvalue weighted by molar-refractivity contribution is -0.139. The highest BCUT2D eigenvalue weighted by Crippen LogP contribution is 2.44. The number of aromatic nitrogens is 2. The number of nitrogens with zero attached hydrogens (tertiary/aromatic N) is 2. The predicted molar refractivity (Wildman–Crippen MR) is 147 cm³/mol. The van der Waals surface area contributed by atoms with Gasteiger partial charge >= 0.3 is 12.1 Å². The molecule has 1 atom stereocenters. The molecule has 2 N–H and O–H groups in total. The number of carbonyl (C=O) groups is 2. The number of rotatable bonds is 9. The number of ether oxygens (including phenoxy) is 2. The summed E-state index contributed by atoms with van der Waals surface area (Å²) in [7, 11) is 1.60. The topological polar surface area (TPSA) is 103 Å². The number of benzene rings is 3. The molecular weight excluding hydrogens is 494 g/mol. The van der Waals surface area contributed by atoms with Gasteiger partial charge in [-0.1, -0.05) is 60.7 Å². The predicted octanol–water partition coefficient (Wildman–Crippen LogP) is 5.09. The number of nitrogens with one attached hydrogen (secondary N) is 1. The van der Waals surface area contributed by atoms with Gasteiger partial charge in [0.1, 0.15) is 18.4 Å². The van der Waals surface area contributed by atoms with Gasteiger partial charge in [-0.25, -0.2) is 9.59 Å². The molecular formula is C31H31N3O5. The fourth-order valence-corrected chi connectivity index (χ4v) is 5.30. The number of aliphatic carboxylic acids is 1. The molecule has 5 rings (SSSR count). The zero-order valence-corrected chi connectivity index (χ0v) is 22.2. The van der Waals surface area contributed by atoms with Crippen LogP contribution in [0.5, 0.6) is 5.75 Å². The van der Waals surface area contributed by atoms with Gasteiger partial charge in [-0.3, -0.25) is 4.68 Å². The summed E-state index contributed by atoms with van der Waals surface area (Å²) >= 11 is 0. The number of methoxy groups -OCH3 is 1. The summed E-state index contributed by atoms with van der Waals surface area (Å²) < 4.78 is 13.0. The standard InChI is InChI=1S/C31H31N3O5/c1-19-14-20(2)34(33-19)17-22-15-21(12-13-29(22)38-3)16-28(30(35)36)32-31(37)39-18-27-25-10-6-4-8-23(25)24-9-5-7-11-26(24)27/h4-15,27-28H,16-18H2,1-3H3,(H,32,37)(H,35,36). The van der Waals surface area contributed by atoms with Crippen LogP contribution in [-0.2, 0) is 22.5 Å². The number of carbonyl (C=O) groups excluding carboxylic acids is 1. The number of hydrogen-bond acceptors (Lipinski definition) is 5. The van der Waals surface area contributed by atoms with E-state index in [0.29, 0.717) is 12.3 Å². The molecule has 39 heavy (non-hydrogen) atoms. The normalized spacial score (nSPS) is 12.9. The van der Waals surface area contributed by atoms with Crippen LogP contribution in [0.1, 0.15) is 39.6 Å². The van der Waals surface area contributed by atoms with Crippen LogP contribution in [0.15, 0.2) is 72.8 Å². The molecule has 1 aliphatic rings. The van der Waals surface area contributed by atoms with E-state index in [4.69, 9.17) is 9.47 Å². The van der Waals surface area contributed by atoms with Gasteiger partial charge in [0.05, 0.1) is 19.3 Å². The van der Waals surface area contributed by atoms with E-state index in [-0.39, 0.29) is 18.9 Å². The number of hydrogen-bond donors (Lipinski definition) is 2. The lowest BCUT2D eigenvalue weighted by Crippen LogP contribution is -2.42. The number of carboxylic acid groups (broad SMARTS) is 1. The summed E-state index contributed by atoms with van der Waals surface area (Å²) in [6, 6.07) is 22.5. The van der Waals surface area contributed by atoms with Crippen LogP contribution in [0.2, 0.25) is 0 Å². The van der Waals surface area contributed by atoms with Crippen LogP contribution < -0.4 is 10.1 Å². The Kier molecular flexibility index (Phi) is 7.36. The molecule has 0 saturated carbocycles.